The molecular formula is C29H36N4O5. The highest BCUT2D eigenvalue weighted by atomic mass is 16.5. The van der Waals surface area contributed by atoms with Crippen LogP contribution in [0.15, 0.2) is 54.6 Å². The number of nitrogens with one attached hydrogen (secondary N) is 4. The lowest BCUT2D eigenvalue weighted by Gasteiger charge is -2.27. The first-order valence-corrected chi connectivity index (χ1v) is 13.2. The number of benzene rings is 2. The maximum absolute atomic E-state index is 13.3. The van der Waals surface area contributed by atoms with E-state index in [1.165, 1.54) is 0 Å². The van der Waals surface area contributed by atoms with Gasteiger partial charge in [0, 0.05) is 6.54 Å². The molecule has 9 heteroatoms. The van der Waals surface area contributed by atoms with Crippen molar-refractivity contribution in [1.29, 1.82) is 0 Å². The van der Waals surface area contributed by atoms with Gasteiger partial charge in [-0.3, -0.25) is 19.2 Å². The highest BCUT2D eigenvalue weighted by molar-refractivity contribution is 6.01. The molecule has 0 radical (unpaired) electrons. The Morgan fingerprint density at radius 1 is 0.974 bits per heavy atom. The molecule has 1 aliphatic carbocycles. The molecule has 0 saturated heterocycles. The lowest BCUT2D eigenvalue weighted by atomic mass is 10.0. The zero-order chi connectivity index (χ0) is 27.1. The molecule has 38 heavy (non-hydrogen) atoms. The minimum absolute atomic E-state index is 0.106. The second-order valence-corrected chi connectivity index (χ2v) is 10.4. The predicted octanol–water partition coefficient (Wildman–Crippen LogP) is 1.96. The topological polar surface area (TPSA) is 126 Å². The second-order valence-electron chi connectivity index (χ2n) is 10.4. The summed E-state index contributed by atoms with van der Waals surface area (Å²) in [5, 5.41) is 11.4. The van der Waals surface area contributed by atoms with Crippen LogP contribution in [-0.2, 0) is 20.8 Å². The van der Waals surface area contributed by atoms with Gasteiger partial charge in [-0.05, 0) is 48.8 Å². The summed E-state index contributed by atoms with van der Waals surface area (Å²) < 4.78 is 6.07. The predicted molar refractivity (Wildman–Crippen MR) is 142 cm³/mol. The summed E-state index contributed by atoms with van der Waals surface area (Å²) in [6.07, 6.45) is 2.32. The normalized spacial score (nSPS) is 22.7. The van der Waals surface area contributed by atoms with Crippen LogP contribution in [0.1, 0.15) is 49.0 Å². The van der Waals surface area contributed by atoms with Crippen LogP contribution in [0.25, 0.3) is 0 Å². The van der Waals surface area contributed by atoms with Gasteiger partial charge in [0.05, 0.1) is 18.0 Å². The van der Waals surface area contributed by atoms with Gasteiger partial charge in [0.25, 0.3) is 5.91 Å². The van der Waals surface area contributed by atoms with Gasteiger partial charge >= 0.3 is 0 Å². The van der Waals surface area contributed by atoms with Crippen LogP contribution in [-0.4, -0.2) is 54.9 Å². The van der Waals surface area contributed by atoms with E-state index in [4.69, 9.17) is 4.74 Å². The number of hydrogen-bond acceptors (Lipinski definition) is 5. The monoisotopic (exact) mass is 520 g/mol. The molecule has 1 saturated carbocycles. The first-order valence-electron chi connectivity index (χ1n) is 13.2. The molecule has 3 atom stereocenters. The van der Waals surface area contributed by atoms with E-state index in [0.717, 1.165) is 18.4 Å². The zero-order valence-electron chi connectivity index (χ0n) is 21.9. The Kier molecular flexibility index (Phi) is 8.99. The molecule has 1 heterocycles. The Labute approximate surface area is 223 Å². The van der Waals surface area contributed by atoms with E-state index in [-0.39, 0.29) is 30.4 Å². The Bertz CT molecular complexity index is 1150. The Morgan fingerprint density at radius 3 is 2.39 bits per heavy atom. The first-order chi connectivity index (χ1) is 18.3. The molecule has 9 nitrogen and oxygen atoms in total. The number of ether oxygens (including phenoxy) is 1. The third-order valence-corrected chi connectivity index (χ3v) is 6.78. The maximum atomic E-state index is 13.3. The summed E-state index contributed by atoms with van der Waals surface area (Å²) in [5.74, 6) is -1.21. The average Bonchev–Trinajstić information content (AvgIpc) is 3.73. The van der Waals surface area contributed by atoms with Crippen molar-refractivity contribution in [2.75, 3.05) is 13.2 Å². The van der Waals surface area contributed by atoms with Crippen molar-refractivity contribution in [2.24, 2.45) is 11.8 Å². The number of hydrogen-bond donors (Lipinski definition) is 4. The van der Waals surface area contributed by atoms with Gasteiger partial charge in [0.1, 0.15) is 24.4 Å². The minimum Gasteiger partial charge on any atom is -0.491 e. The van der Waals surface area contributed by atoms with Gasteiger partial charge in [0.15, 0.2) is 0 Å². The van der Waals surface area contributed by atoms with E-state index in [1.54, 1.807) is 24.3 Å². The maximum Gasteiger partial charge on any atom is 0.255 e. The molecule has 2 aliphatic rings. The molecule has 4 N–H and O–H groups in total. The average molecular weight is 521 g/mol. The highest BCUT2D eigenvalue weighted by Gasteiger charge is 2.32. The lowest BCUT2D eigenvalue weighted by molar-refractivity contribution is -0.132. The number of rotatable bonds is 6. The number of para-hydroxylation sites is 1. The summed E-state index contributed by atoms with van der Waals surface area (Å²) in [4.78, 5) is 52.6. The minimum atomic E-state index is -1.10. The third-order valence-electron chi connectivity index (χ3n) is 6.78. The van der Waals surface area contributed by atoms with Crippen LogP contribution in [0.5, 0.6) is 5.75 Å². The molecule has 0 bridgehead atoms. The fraction of sp³-hybridized carbons (Fsp3) is 0.448. The van der Waals surface area contributed by atoms with E-state index in [0.29, 0.717) is 24.6 Å². The molecule has 1 aliphatic heterocycles. The van der Waals surface area contributed by atoms with Crippen LogP contribution in [0.4, 0.5) is 0 Å². The summed E-state index contributed by atoms with van der Waals surface area (Å²) in [6, 6.07) is 14.1. The Morgan fingerprint density at radius 2 is 1.68 bits per heavy atom. The van der Waals surface area contributed by atoms with Crippen molar-refractivity contribution in [3.05, 3.63) is 65.7 Å². The number of amides is 4. The van der Waals surface area contributed by atoms with Crippen molar-refractivity contribution in [3.8, 4) is 5.75 Å². The number of carbonyl (C=O) groups excluding carboxylic acids is 4. The van der Waals surface area contributed by atoms with Gasteiger partial charge in [-0.15, -0.1) is 0 Å². The van der Waals surface area contributed by atoms with Crippen LogP contribution in [0.2, 0.25) is 0 Å². The van der Waals surface area contributed by atoms with E-state index in [1.807, 2.05) is 44.2 Å². The molecule has 4 amide bonds. The molecule has 0 aromatic heterocycles. The van der Waals surface area contributed by atoms with Crippen molar-refractivity contribution in [3.63, 3.8) is 0 Å². The van der Waals surface area contributed by atoms with Crippen LogP contribution >= 0.6 is 0 Å². The van der Waals surface area contributed by atoms with Gasteiger partial charge < -0.3 is 26.0 Å². The van der Waals surface area contributed by atoms with Crippen LogP contribution in [0.3, 0.4) is 0 Å². The van der Waals surface area contributed by atoms with Crippen molar-refractivity contribution in [2.45, 2.75) is 57.7 Å². The van der Waals surface area contributed by atoms with Gasteiger partial charge in [0.2, 0.25) is 17.7 Å². The zero-order valence-corrected chi connectivity index (χ0v) is 21.9. The van der Waals surface area contributed by atoms with E-state index < -0.39 is 35.8 Å². The van der Waals surface area contributed by atoms with Crippen molar-refractivity contribution < 1.29 is 23.9 Å². The first kappa shape index (κ1) is 27.2. The second kappa shape index (κ2) is 12.6. The lowest BCUT2D eigenvalue weighted by Crippen LogP contribution is -2.55. The van der Waals surface area contributed by atoms with Crippen molar-refractivity contribution >= 4 is 23.6 Å². The number of fused-ring (bicyclic) bond motifs is 1. The molecule has 1 fully saturated rings. The molecule has 202 valence electrons. The number of carbonyl (C=O) groups is 4. The molecule has 0 spiro atoms. The molecule has 2 aromatic carbocycles. The molecule has 2 aromatic rings. The largest absolute Gasteiger partial charge is 0.491 e. The van der Waals surface area contributed by atoms with E-state index in [2.05, 4.69) is 21.3 Å². The Balaban J connectivity index is 1.61. The fourth-order valence-electron chi connectivity index (χ4n) is 4.40. The molecule has 4 rings (SSSR count). The van der Waals surface area contributed by atoms with Gasteiger partial charge in [-0.1, -0.05) is 56.3 Å². The van der Waals surface area contributed by atoms with Crippen LogP contribution < -0.4 is 26.0 Å². The summed E-state index contributed by atoms with van der Waals surface area (Å²) >= 11 is 0. The fourth-order valence-corrected chi connectivity index (χ4v) is 4.40. The van der Waals surface area contributed by atoms with Crippen LogP contribution in [0, 0.1) is 11.8 Å². The van der Waals surface area contributed by atoms with Crippen molar-refractivity contribution in [1.82, 2.24) is 21.3 Å². The quantitative estimate of drug-likeness (QED) is 0.463. The van der Waals surface area contributed by atoms with E-state index in [9.17, 15) is 19.2 Å². The standard InChI is InChI=1S/C29H36N4O5/c1-18(2)26-29(37)31-21(14-19-8-4-3-5-9-19)17-38-24-11-7-6-10-22(24)27(35)32-23(15-25(34)33-26)28(36)30-16-20-12-13-20/h3-11,18,20-21,23,26H,12-17H2,1-2H3,(H,30,36)(H,31,37)(H,32,35)(H,33,34)/t21-,23+,26+/m1/s1. The molecule has 0 unspecified atom stereocenters. The summed E-state index contributed by atoms with van der Waals surface area (Å²) in [5.41, 5.74) is 1.26. The van der Waals surface area contributed by atoms with Gasteiger partial charge in [-0.25, -0.2) is 0 Å². The smallest absolute Gasteiger partial charge is 0.255 e. The highest BCUT2D eigenvalue weighted by Crippen LogP contribution is 2.27. The third kappa shape index (κ3) is 7.57. The molecular weight excluding hydrogens is 484 g/mol. The summed E-state index contributed by atoms with van der Waals surface area (Å²) in [7, 11) is 0. The SMILES string of the molecule is CC(C)[C@@H]1NC(=O)C[C@@H](C(=O)NCC2CC2)NC(=O)c2ccccc2OC[C@@H](Cc2ccccc2)NC1=O. The summed E-state index contributed by atoms with van der Waals surface area (Å²) in [6.45, 7) is 4.30. The van der Waals surface area contributed by atoms with E-state index >= 15 is 0 Å². The van der Waals surface area contributed by atoms with Gasteiger partial charge in [-0.2, -0.15) is 0 Å². The Hall–Kier alpha value is -3.88.